The van der Waals surface area contributed by atoms with Gasteiger partial charge in [-0.2, -0.15) is 0 Å². The molecule has 0 saturated carbocycles. The first-order valence-electron chi connectivity index (χ1n) is 12.9. The lowest BCUT2D eigenvalue weighted by Crippen LogP contribution is -2.23. The quantitative estimate of drug-likeness (QED) is 0.193. The first-order valence-corrected chi connectivity index (χ1v) is 12.9. The molecule has 3 aromatic carbocycles. The highest BCUT2D eigenvalue weighted by Gasteiger charge is 2.13. The van der Waals surface area contributed by atoms with Crippen molar-refractivity contribution in [3.8, 4) is 29.0 Å². The zero-order chi connectivity index (χ0) is 27.8. The van der Waals surface area contributed by atoms with E-state index in [9.17, 15) is 4.79 Å². The summed E-state index contributed by atoms with van der Waals surface area (Å²) in [6.45, 7) is 6.06. The molecule has 0 aliphatic rings. The Morgan fingerprint density at radius 1 is 1.00 bits per heavy atom. The van der Waals surface area contributed by atoms with Crippen molar-refractivity contribution in [1.29, 1.82) is 0 Å². The third-order valence-electron chi connectivity index (χ3n) is 6.27. The van der Waals surface area contributed by atoms with E-state index in [0.717, 1.165) is 34.4 Å². The SMILES string of the molecule is C/C=C(C#Cc1ccc(-n2c(/C=C/c3ccc(OC)c(OC)c3)nc3ccccc3c2=O)c(C)c1)\C=C/CC. The minimum absolute atomic E-state index is 0.129. The van der Waals surface area contributed by atoms with Gasteiger partial charge in [0.2, 0.25) is 0 Å². The molecule has 5 heteroatoms. The summed E-state index contributed by atoms with van der Waals surface area (Å²) in [6, 6.07) is 18.9. The number of aromatic nitrogens is 2. The van der Waals surface area contributed by atoms with Crippen molar-refractivity contribution in [2.75, 3.05) is 14.2 Å². The van der Waals surface area contributed by atoms with Gasteiger partial charge in [-0.15, -0.1) is 0 Å². The number of benzene rings is 3. The van der Waals surface area contributed by atoms with Crippen molar-refractivity contribution < 1.29 is 9.47 Å². The largest absolute Gasteiger partial charge is 0.493 e. The molecule has 0 bridgehead atoms. The van der Waals surface area contributed by atoms with Crippen LogP contribution in [0.25, 0.3) is 28.7 Å². The predicted molar refractivity (Wildman–Crippen MR) is 161 cm³/mol. The molecule has 0 atom stereocenters. The summed E-state index contributed by atoms with van der Waals surface area (Å²) < 4.78 is 12.4. The second-order valence-corrected chi connectivity index (χ2v) is 8.88. The van der Waals surface area contributed by atoms with E-state index in [2.05, 4.69) is 24.8 Å². The summed E-state index contributed by atoms with van der Waals surface area (Å²) in [5.74, 6) is 8.27. The van der Waals surface area contributed by atoms with E-state index < -0.39 is 0 Å². The minimum atomic E-state index is -0.129. The summed E-state index contributed by atoms with van der Waals surface area (Å²) in [6.07, 6.45) is 10.8. The fourth-order valence-electron chi connectivity index (χ4n) is 4.21. The van der Waals surface area contributed by atoms with Crippen LogP contribution in [0.4, 0.5) is 0 Å². The van der Waals surface area contributed by atoms with E-state index in [1.54, 1.807) is 24.9 Å². The van der Waals surface area contributed by atoms with Crippen LogP contribution in [-0.4, -0.2) is 23.8 Å². The van der Waals surface area contributed by atoms with E-state index >= 15 is 0 Å². The zero-order valence-electron chi connectivity index (χ0n) is 23.0. The van der Waals surface area contributed by atoms with Crippen LogP contribution in [0.2, 0.25) is 0 Å². The summed E-state index contributed by atoms with van der Waals surface area (Å²) in [5.41, 5.74) is 4.93. The Balaban J connectivity index is 1.81. The number of nitrogens with zero attached hydrogens (tertiary/aromatic N) is 2. The Bertz CT molecular complexity index is 1710. The van der Waals surface area contributed by atoms with Crippen molar-refractivity contribution >= 4 is 23.1 Å². The van der Waals surface area contributed by atoms with Gasteiger partial charge in [-0.05, 0) is 79.9 Å². The molecule has 0 aliphatic heterocycles. The number of methoxy groups -OCH3 is 2. The average Bonchev–Trinajstić information content (AvgIpc) is 2.96. The van der Waals surface area contributed by atoms with Gasteiger partial charge in [0.1, 0.15) is 5.82 Å². The van der Waals surface area contributed by atoms with Gasteiger partial charge in [0.05, 0.1) is 30.8 Å². The van der Waals surface area contributed by atoms with Crippen molar-refractivity contribution in [3.05, 3.63) is 117 Å². The van der Waals surface area contributed by atoms with Gasteiger partial charge >= 0.3 is 0 Å². The second-order valence-electron chi connectivity index (χ2n) is 8.88. The Hall–Kier alpha value is -4.82. The third kappa shape index (κ3) is 6.19. The van der Waals surface area contributed by atoms with E-state index in [1.165, 1.54) is 0 Å². The maximum Gasteiger partial charge on any atom is 0.266 e. The van der Waals surface area contributed by atoms with Gasteiger partial charge < -0.3 is 9.47 Å². The lowest BCUT2D eigenvalue weighted by molar-refractivity contribution is 0.355. The number of fused-ring (bicyclic) bond motifs is 1. The monoisotopic (exact) mass is 516 g/mol. The molecular weight excluding hydrogens is 484 g/mol. The molecule has 0 aliphatic carbocycles. The molecule has 1 heterocycles. The normalized spacial score (nSPS) is 11.7. The molecule has 0 saturated heterocycles. The number of ether oxygens (including phenoxy) is 2. The molecule has 1 aromatic heterocycles. The number of hydrogen-bond acceptors (Lipinski definition) is 4. The number of rotatable bonds is 7. The highest BCUT2D eigenvalue weighted by atomic mass is 16.5. The van der Waals surface area contributed by atoms with Crippen molar-refractivity contribution in [2.24, 2.45) is 0 Å². The van der Waals surface area contributed by atoms with Crippen LogP contribution < -0.4 is 15.0 Å². The molecule has 0 fully saturated rings. The van der Waals surface area contributed by atoms with Crippen LogP contribution in [0.1, 0.15) is 42.8 Å². The Kier molecular flexibility index (Phi) is 8.81. The zero-order valence-corrected chi connectivity index (χ0v) is 23.0. The van der Waals surface area contributed by atoms with Crippen LogP contribution in [0.5, 0.6) is 11.5 Å². The molecule has 5 nitrogen and oxygen atoms in total. The van der Waals surface area contributed by atoms with Crippen molar-refractivity contribution in [2.45, 2.75) is 27.2 Å². The molecule has 0 spiro atoms. The van der Waals surface area contributed by atoms with Gasteiger partial charge in [0.15, 0.2) is 11.5 Å². The Morgan fingerprint density at radius 3 is 2.51 bits per heavy atom. The lowest BCUT2D eigenvalue weighted by Gasteiger charge is -2.14. The molecule has 0 radical (unpaired) electrons. The van der Waals surface area contributed by atoms with Crippen LogP contribution in [0.15, 0.2) is 89.3 Å². The van der Waals surface area contributed by atoms with Crippen LogP contribution in [-0.2, 0) is 0 Å². The molecule has 0 unspecified atom stereocenters. The Morgan fingerprint density at radius 2 is 1.79 bits per heavy atom. The second kappa shape index (κ2) is 12.6. The molecule has 4 rings (SSSR count). The predicted octanol–water partition coefficient (Wildman–Crippen LogP) is 7.15. The third-order valence-corrected chi connectivity index (χ3v) is 6.27. The van der Waals surface area contributed by atoms with Crippen molar-refractivity contribution in [1.82, 2.24) is 9.55 Å². The maximum absolute atomic E-state index is 13.7. The van der Waals surface area contributed by atoms with Crippen LogP contribution in [0.3, 0.4) is 0 Å². The van der Waals surface area contributed by atoms with Gasteiger partial charge in [0.25, 0.3) is 5.56 Å². The van der Waals surface area contributed by atoms with Crippen LogP contribution >= 0.6 is 0 Å². The molecular formula is C34H32N2O3. The number of allylic oxidation sites excluding steroid dienone is 4. The Labute approximate surface area is 229 Å². The van der Waals surface area contributed by atoms with Crippen molar-refractivity contribution in [3.63, 3.8) is 0 Å². The van der Waals surface area contributed by atoms with E-state index in [0.29, 0.717) is 28.2 Å². The smallest absolute Gasteiger partial charge is 0.266 e. The molecule has 196 valence electrons. The highest BCUT2D eigenvalue weighted by molar-refractivity contribution is 5.80. The van der Waals surface area contributed by atoms with E-state index in [4.69, 9.17) is 14.5 Å². The maximum atomic E-state index is 13.7. The standard InChI is InChI=1S/C34H32N2O3/c1-6-8-11-25(7-2)14-15-26-16-19-30(24(3)22-26)36-33(35-29-13-10-9-12-28(29)34(36)37)21-18-27-17-20-31(38-4)32(23-27)39-5/h7-13,16-23H,6H2,1-5H3/b11-8-,21-18+,25-7+. The van der Waals surface area contributed by atoms with Gasteiger partial charge in [-0.3, -0.25) is 9.36 Å². The fraction of sp³-hybridized carbons (Fsp3) is 0.176. The lowest BCUT2D eigenvalue weighted by atomic mass is 10.1. The van der Waals surface area contributed by atoms with E-state index in [-0.39, 0.29) is 5.56 Å². The van der Waals surface area contributed by atoms with Gasteiger partial charge in [-0.25, -0.2) is 4.98 Å². The summed E-state index contributed by atoms with van der Waals surface area (Å²) in [5, 5.41) is 0.560. The van der Waals surface area contributed by atoms with E-state index in [1.807, 2.05) is 92.7 Å². The van der Waals surface area contributed by atoms with Gasteiger partial charge in [0, 0.05) is 11.1 Å². The first-order chi connectivity index (χ1) is 19.0. The van der Waals surface area contributed by atoms with Crippen LogP contribution in [0, 0.1) is 18.8 Å². The summed E-state index contributed by atoms with van der Waals surface area (Å²) in [7, 11) is 3.21. The number of hydrogen-bond donors (Lipinski definition) is 0. The van der Waals surface area contributed by atoms with Gasteiger partial charge in [-0.1, -0.05) is 61.3 Å². The average molecular weight is 517 g/mol. The molecule has 0 amide bonds. The highest BCUT2D eigenvalue weighted by Crippen LogP contribution is 2.28. The molecule has 4 aromatic rings. The first kappa shape index (κ1) is 27.2. The topological polar surface area (TPSA) is 53.4 Å². The number of aryl methyl sites for hydroxylation is 1. The minimum Gasteiger partial charge on any atom is -0.493 e. The number of para-hydroxylation sites is 1. The molecule has 39 heavy (non-hydrogen) atoms. The summed E-state index contributed by atoms with van der Waals surface area (Å²) in [4.78, 5) is 18.6. The molecule has 0 N–H and O–H groups in total. The fourth-order valence-corrected chi connectivity index (χ4v) is 4.21. The summed E-state index contributed by atoms with van der Waals surface area (Å²) >= 11 is 0.